The van der Waals surface area contributed by atoms with Gasteiger partial charge in [0.2, 0.25) is 11.8 Å². The van der Waals surface area contributed by atoms with E-state index < -0.39 is 69.0 Å². The van der Waals surface area contributed by atoms with E-state index in [0.717, 1.165) is 24.1 Å². The molecule has 0 radical (unpaired) electrons. The van der Waals surface area contributed by atoms with Crippen LogP contribution in [-0.4, -0.2) is 56.6 Å². The van der Waals surface area contributed by atoms with Gasteiger partial charge in [0, 0.05) is 10.9 Å². The Kier molecular flexibility index (Phi) is 6.26. The van der Waals surface area contributed by atoms with Crippen LogP contribution in [0.4, 0.5) is 14.9 Å². The minimum atomic E-state index is -2.18. The van der Waals surface area contributed by atoms with Crippen LogP contribution in [0.5, 0.6) is 5.75 Å². The first-order valence-corrected chi connectivity index (χ1v) is 13.7. The van der Waals surface area contributed by atoms with Gasteiger partial charge in [-0.3, -0.25) is 19.2 Å². The molecule has 3 fully saturated rings. The number of benzene rings is 2. The molecule has 2 aromatic rings. The third kappa shape index (κ3) is 3.57. The lowest BCUT2D eigenvalue weighted by Crippen LogP contribution is -2.60. The molecule has 41 heavy (non-hydrogen) atoms. The van der Waals surface area contributed by atoms with Gasteiger partial charge < -0.3 is 9.84 Å². The summed E-state index contributed by atoms with van der Waals surface area (Å²) in [5.74, 6) is -8.22. The number of anilines is 1. The summed E-state index contributed by atoms with van der Waals surface area (Å²) in [4.78, 5) is 64.2. The Bertz CT molecular complexity index is 1600. The highest BCUT2D eigenvalue weighted by Crippen LogP contribution is 2.66. The minimum Gasteiger partial charge on any atom is -0.508 e. The van der Waals surface area contributed by atoms with E-state index >= 15 is 0 Å². The molecule has 6 atom stereocenters. The summed E-state index contributed by atoms with van der Waals surface area (Å²) in [5.41, 5.74) is 0.730. The smallest absolute Gasteiger partial charge is 0.423 e. The second-order valence-corrected chi connectivity index (χ2v) is 12.1. The molecule has 5 amide bonds. The predicted molar refractivity (Wildman–Crippen MR) is 144 cm³/mol. The van der Waals surface area contributed by atoms with E-state index in [1.54, 1.807) is 6.08 Å². The van der Waals surface area contributed by atoms with Gasteiger partial charge >= 0.3 is 6.09 Å². The lowest BCUT2D eigenvalue weighted by molar-refractivity contribution is -0.138. The predicted octanol–water partition coefficient (Wildman–Crippen LogP) is 4.51. The van der Waals surface area contributed by atoms with Crippen molar-refractivity contribution < 1.29 is 38.2 Å². The SMILES string of the molecule is COC(=O)N1C(=O)[C@H]2[C@H](CC=C3[C@H]2C[C@@]2(Cl)C(=O)N(c4ccc(F)cc4)C(=O)[C@@]2(Cl)[C@H]3c2ccc(O)cc2Cl)C1=O. The summed E-state index contributed by atoms with van der Waals surface area (Å²) in [7, 11) is 1.04. The van der Waals surface area contributed by atoms with Crippen LogP contribution >= 0.6 is 34.8 Å². The van der Waals surface area contributed by atoms with Gasteiger partial charge in [0.1, 0.15) is 11.6 Å². The molecule has 212 valence electrons. The number of alkyl halides is 2. The normalized spacial score (nSPS) is 32.5. The van der Waals surface area contributed by atoms with Gasteiger partial charge in [0.15, 0.2) is 9.75 Å². The third-order valence-electron chi connectivity index (χ3n) is 8.55. The van der Waals surface area contributed by atoms with Crippen LogP contribution < -0.4 is 4.90 Å². The minimum absolute atomic E-state index is 0.0169. The first kappa shape index (κ1) is 27.7. The van der Waals surface area contributed by atoms with E-state index in [9.17, 15) is 33.5 Å². The second kappa shape index (κ2) is 9.27. The molecule has 2 aliphatic carbocycles. The highest BCUT2D eigenvalue weighted by Gasteiger charge is 2.77. The van der Waals surface area contributed by atoms with Crippen LogP contribution in [0.2, 0.25) is 5.02 Å². The van der Waals surface area contributed by atoms with Crippen molar-refractivity contribution in [1.82, 2.24) is 4.90 Å². The summed E-state index contributed by atoms with van der Waals surface area (Å²) in [6.45, 7) is 0. The maximum absolute atomic E-state index is 14.2. The number of imide groups is 4. The molecule has 2 aromatic carbocycles. The Morgan fingerprint density at radius 3 is 2.34 bits per heavy atom. The fourth-order valence-electron chi connectivity index (χ4n) is 6.77. The number of likely N-dealkylation sites (tertiary alicyclic amines) is 1. The molecule has 2 heterocycles. The molecule has 0 bridgehead atoms. The number of hydrogen-bond donors (Lipinski definition) is 1. The standard InChI is InChI=1S/C28H20Cl3FN2O7/c1-41-26(40)34-22(36)17-9-8-15-18(20(17)23(34)37)11-27(30)24(38)33(13-4-2-12(32)3-5-13)25(39)28(27,31)21(15)16-7-6-14(35)10-19(16)29/h2-8,10,17-18,20-21,35H,9,11H2,1H3/t17-,18+,20-,21+,27+,28-/m0/s1. The first-order valence-electron chi connectivity index (χ1n) is 12.5. The molecule has 9 nitrogen and oxygen atoms in total. The van der Waals surface area contributed by atoms with E-state index in [4.69, 9.17) is 34.8 Å². The molecule has 0 unspecified atom stereocenters. The zero-order valence-corrected chi connectivity index (χ0v) is 23.4. The van der Waals surface area contributed by atoms with Gasteiger partial charge in [-0.05, 0) is 60.7 Å². The molecule has 4 aliphatic rings. The monoisotopic (exact) mass is 620 g/mol. The Morgan fingerprint density at radius 2 is 1.71 bits per heavy atom. The molecule has 6 rings (SSSR count). The molecule has 0 aromatic heterocycles. The van der Waals surface area contributed by atoms with Crippen LogP contribution in [0.25, 0.3) is 0 Å². The lowest BCUT2D eigenvalue weighted by atomic mass is 9.56. The zero-order valence-electron chi connectivity index (χ0n) is 21.1. The number of ether oxygens (including phenoxy) is 1. The second-order valence-electron chi connectivity index (χ2n) is 10.4. The van der Waals surface area contributed by atoms with Crippen LogP contribution in [0.15, 0.2) is 54.1 Å². The Labute approximate surface area is 247 Å². The zero-order chi connectivity index (χ0) is 29.6. The molecular formula is C28H20Cl3FN2O7. The van der Waals surface area contributed by atoms with Crippen LogP contribution in [0.1, 0.15) is 24.3 Å². The van der Waals surface area contributed by atoms with Gasteiger partial charge in [0.05, 0.1) is 24.6 Å². The number of carbonyl (C=O) groups excluding carboxylic acids is 5. The summed E-state index contributed by atoms with van der Waals surface area (Å²) in [6.07, 6.45) is 0.247. The van der Waals surface area contributed by atoms with Gasteiger partial charge in [-0.15, -0.1) is 23.2 Å². The molecule has 1 N–H and O–H groups in total. The number of carbonyl (C=O) groups is 5. The summed E-state index contributed by atoms with van der Waals surface area (Å²) >= 11 is 21.0. The van der Waals surface area contributed by atoms with Crippen LogP contribution in [0.3, 0.4) is 0 Å². The number of phenolic OH excluding ortho intramolecular Hbond substituents is 1. The number of aromatic hydroxyl groups is 1. The van der Waals surface area contributed by atoms with E-state index in [2.05, 4.69) is 4.74 Å². The molecule has 1 saturated carbocycles. The molecule has 2 saturated heterocycles. The van der Waals surface area contributed by atoms with E-state index in [0.29, 0.717) is 10.5 Å². The van der Waals surface area contributed by atoms with Crippen LogP contribution in [-0.2, 0) is 23.9 Å². The van der Waals surface area contributed by atoms with Crippen molar-refractivity contribution in [1.29, 1.82) is 0 Å². The van der Waals surface area contributed by atoms with Crippen molar-refractivity contribution in [3.8, 4) is 5.75 Å². The number of hydrogen-bond acceptors (Lipinski definition) is 7. The molecule has 0 spiro atoms. The van der Waals surface area contributed by atoms with Gasteiger partial charge in [0.25, 0.3) is 11.8 Å². The summed E-state index contributed by atoms with van der Waals surface area (Å²) in [5, 5.41) is 10.0. The van der Waals surface area contributed by atoms with Crippen molar-refractivity contribution in [2.75, 3.05) is 12.0 Å². The van der Waals surface area contributed by atoms with Crippen molar-refractivity contribution >= 4 is 70.2 Å². The van der Waals surface area contributed by atoms with Crippen molar-refractivity contribution in [2.45, 2.75) is 28.5 Å². The average Bonchev–Trinajstić information content (AvgIpc) is 3.27. The highest BCUT2D eigenvalue weighted by molar-refractivity contribution is 6.58. The number of allylic oxidation sites excluding steroid dienone is 2. The maximum Gasteiger partial charge on any atom is 0.423 e. The first-order chi connectivity index (χ1) is 19.4. The van der Waals surface area contributed by atoms with Crippen molar-refractivity contribution in [3.05, 3.63) is 70.5 Å². The van der Waals surface area contributed by atoms with Crippen LogP contribution in [0, 0.1) is 23.6 Å². The lowest BCUT2D eigenvalue weighted by Gasteiger charge is -2.50. The van der Waals surface area contributed by atoms with E-state index in [1.165, 1.54) is 30.3 Å². The van der Waals surface area contributed by atoms with E-state index in [-0.39, 0.29) is 34.9 Å². The Hall–Kier alpha value is -3.47. The maximum atomic E-state index is 14.2. The molecule has 2 aliphatic heterocycles. The summed E-state index contributed by atoms with van der Waals surface area (Å²) < 4.78 is 18.4. The number of methoxy groups -OCH3 is 1. The largest absolute Gasteiger partial charge is 0.508 e. The molecular weight excluding hydrogens is 602 g/mol. The summed E-state index contributed by atoms with van der Waals surface area (Å²) in [6, 6.07) is 8.64. The molecule has 13 heteroatoms. The number of halogens is 4. The van der Waals surface area contributed by atoms with Gasteiger partial charge in [-0.2, -0.15) is 4.90 Å². The fourth-order valence-corrected chi connectivity index (χ4v) is 7.98. The quantitative estimate of drug-likeness (QED) is 0.298. The number of rotatable bonds is 2. The van der Waals surface area contributed by atoms with E-state index in [1.807, 2.05) is 0 Å². The fraction of sp³-hybridized carbons (Fsp3) is 0.321. The average molecular weight is 622 g/mol. The number of amides is 5. The number of phenols is 1. The van der Waals surface area contributed by atoms with Crippen molar-refractivity contribution in [3.63, 3.8) is 0 Å². The Balaban J connectivity index is 1.56. The van der Waals surface area contributed by atoms with Gasteiger partial charge in [-0.1, -0.05) is 29.3 Å². The third-order valence-corrected chi connectivity index (χ3v) is 10.3. The topological polar surface area (TPSA) is 121 Å². The number of fused-ring (bicyclic) bond motifs is 4. The van der Waals surface area contributed by atoms with Gasteiger partial charge in [-0.25, -0.2) is 14.1 Å². The number of nitrogens with zero attached hydrogens (tertiary/aromatic N) is 2. The highest BCUT2D eigenvalue weighted by atomic mass is 35.5. The van der Waals surface area contributed by atoms with Crippen molar-refractivity contribution in [2.24, 2.45) is 17.8 Å². The Morgan fingerprint density at radius 1 is 1.02 bits per heavy atom.